The van der Waals surface area contributed by atoms with Gasteiger partial charge in [0, 0.05) is 10.6 Å². The summed E-state index contributed by atoms with van der Waals surface area (Å²) in [5.74, 6) is 0.455. The van der Waals surface area contributed by atoms with Crippen LogP contribution in [-0.2, 0) is 0 Å². The normalized spacial score (nSPS) is 10.7. The average Bonchev–Trinajstić information content (AvgIpc) is 2.82. The van der Waals surface area contributed by atoms with Crippen molar-refractivity contribution in [3.05, 3.63) is 59.4 Å². The molecule has 3 rings (SSSR count). The van der Waals surface area contributed by atoms with Gasteiger partial charge in [-0.2, -0.15) is 0 Å². The van der Waals surface area contributed by atoms with E-state index in [4.69, 9.17) is 21.9 Å². The lowest BCUT2D eigenvalue weighted by atomic mass is 10.0. The predicted molar refractivity (Wildman–Crippen MR) is 76.8 cm³/mol. The zero-order valence-electron chi connectivity index (χ0n) is 10.3. The molecule has 0 unspecified atom stereocenters. The van der Waals surface area contributed by atoms with Gasteiger partial charge in [-0.15, -0.1) is 0 Å². The Bertz CT molecular complexity index is 753. The number of nitrogens with zero attached hydrogens (tertiary/aromatic N) is 1. The van der Waals surface area contributed by atoms with E-state index in [-0.39, 0.29) is 11.6 Å². The third-order valence-electron chi connectivity index (χ3n) is 2.94. The van der Waals surface area contributed by atoms with Gasteiger partial charge in [-0.05, 0) is 29.8 Å². The molecule has 0 radical (unpaired) electrons. The molecule has 5 heteroatoms. The number of nitrogen functional groups attached to an aromatic ring is 1. The van der Waals surface area contributed by atoms with Gasteiger partial charge in [-0.25, -0.2) is 4.39 Å². The minimum Gasteiger partial charge on any atom is -0.380 e. The maximum absolute atomic E-state index is 13.0. The zero-order chi connectivity index (χ0) is 14.1. The quantitative estimate of drug-likeness (QED) is 0.761. The summed E-state index contributed by atoms with van der Waals surface area (Å²) in [7, 11) is 0. The molecule has 2 N–H and O–H groups in total. The lowest BCUT2D eigenvalue weighted by Crippen LogP contribution is -1.89. The van der Waals surface area contributed by atoms with Gasteiger partial charge in [-0.3, -0.25) is 0 Å². The van der Waals surface area contributed by atoms with Gasteiger partial charge in [0.15, 0.2) is 11.6 Å². The van der Waals surface area contributed by atoms with Crippen LogP contribution < -0.4 is 5.73 Å². The molecule has 20 heavy (non-hydrogen) atoms. The molecule has 3 aromatic rings. The van der Waals surface area contributed by atoms with Crippen LogP contribution in [0.25, 0.3) is 22.5 Å². The highest BCUT2D eigenvalue weighted by Crippen LogP contribution is 2.37. The molecule has 0 atom stereocenters. The Labute approximate surface area is 119 Å². The minimum atomic E-state index is -0.312. The third-order valence-corrected chi connectivity index (χ3v) is 3.17. The fourth-order valence-electron chi connectivity index (χ4n) is 2.02. The van der Waals surface area contributed by atoms with E-state index in [1.165, 1.54) is 12.1 Å². The molecule has 0 aliphatic carbocycles. The Kier molecular flexibility index (Phi) is 3.16. The first-order chi connectivity index (χ1) is 9.65. The van der Waals surface area contributed by atoms with Crippen molar-refractivity contribution in [2.75, 3.05) is 5.73 Å². The summed E-state index contributed by atoms with van der Waals surface area (Å²) in [6.45, 7) is 0. The second-order valence-electron chi connectivity index (χ2n) is 4.29. The van der Waals surface area contributed by atoms with Crippen molar-refractivity contribution < 1.29 is 8.91 Å². The molecular formula is C15H10ClFN2O. The van der Waals surface area contributed by atoms with Gasteiger partial charge >= 0.3 is 0 Å². The SMILES string of the molecule is Nc1noc(-c2cccc(Cl)c2)c1-c1ccc(F)cc1. The topological polar surface area (TPSA) is 52.0 Å². The maximum Gasteiger partial charge on any atom is 0.176 e. The number of hydrogen-bond donors (Lipinski definition) is 1. The molecule has 1 heterocycles. The van der Waals surface area contributed by atoms with E-state index in [0.717, 1.165) is 11.1 Å². The van der Waals surface area contributed by atoms with Crippen LogP contribution in [0.1, 0.15) is 0 Å². The van der Waals surface area contributed by atoms with Crippen LogP contribution in [0.15, 0.2) is 53.1 Å². The van der Waals surface area contributed by atoms with Gasteiger partial charge < -0.3 is 10.3 Å². The van der Waals surface area contributed by atoms with E-state index in [9.17, 15) is 4.39 Å². The van der Waals surface area contributed by atoms with Crippen molar-refractivity contribution in [2.24, 2.45) is 0 Å². The van der Waals surface area contributed by atoms with Crippen molar-refractivity contribution in [3.8, 4) is 22.5 Å². The summed E-state index contributed by atoms with van der Waals surface area (Å²) in [5.41, 5.74) is 7.99. The largest absolute Gasteiger partial charge is 0.380 e. The van der Waals surface area contributed by atoms with Gasteiger partial charge in [0.25, 0.3) is 0 Å². The number of rotatable bonds is 2. The van der Waals surface area contributed by atoms with Crippen molar-refractivity contribution in [1.29, 1.82) is 0 Å². The molecule has 0 fully saturated rings. The van der Waals surface area contributed by atoms with E-state index < -0.39 is 0 Å². The van der Waals surface area contributed by atoms with Gasteiger partial charge in [0.05, 0.1) is 5.56 Å². The number of anilines is 1. The first kappa shape index (κ1) is 12.7. The van der Waals surface area contributed by atoms with E-state index >= 15 is 0 Å². The number of nitrogens with two attached hydrogens (primary N) is 1. The standard InChI is InChI=1S/C15H10ClFN2O/c16-11-3-1-2-10(8-11)14-13(15(18)19-20-14)9-4-6-12(17)7-5-9/h1-8H,(H2,18,19). The average molecular weight is 289 g/mol. The van der Waals surface area contributed by atoms with E-state index in [0.29, 0.717) is 16.3 Å². The molecule has 0 amide bonds. The van der Waals surface area contributed by atoms with Crippen molar-refractivity contribution in [2.45, 2.75) is 0 Å². The molecular weight excluding hydrogens is 279 g/mol. The lowest BCUT2D eigenvalue weighted by molar-refractivity contribution is 0.436. The Morgan fingerprint density at radius 3 is 2.50 bits per heavy atom. The fourth-order valence-corrected chi connectivity index (χ4v) is 2.22. The van der Waals surface area contributed by atoms with Crippen LogP contribution in [0.5, 0.6) is 0 Å². The summed E-state index contributed by atoms with van der Waals surface area (Å²) < 4.78 is 18.3. The Balaban J connectivity index is 2.17. The van der Waals surface area contributed by atoms with Gasteiger partial charge in [0.1, 0.15) is 5.82 Å². The zero-order valence-corrected chi connectivity index (χ0v) is 11.1. The van der Waals surface area contributed by atoms with Crippen molar-refractivity contribution >= 4 is 17.4 Å². The molecule has 0 spiro atoms. The second-order valence-corrected chi connectivity index (χ2v) is 4.73. The highest BCUT2D eigenvalue weighted by molar-refractivity contribution is 6.30. The van der Waals surface area contributed by atoms with E-state index in [2.05, 4.69) is 5.16 Å². The molecule has 100 valence electrons. The predicted octanol–water partition coefficient (Wildman–Crippen LogP) is 4.38. The molecule has 2 aromatic carbocycles. The first-order valence-corrected chi connectivity index (χ1v) is 6.30. The first-order valence-electron chi connectivity index (χ1n) is 5.92. The number of halogens is 2. The smallest absolute Gasteiger partial charge is 0.176 e. The summed E-state index contributed by atoms with van der Waals surface area (Å²) in [4.78, 5) is 0. The Morgan fingerprint density at radius 1 is 1.05 bits per heavy atom. The van der Waals surface area contributed by atoms with Gasteiger partial charge in [-0.1, -0.05) is 41.0 Å². The molecule has 0 aliphatic heterocycles. The van der Waals surface area contributed by atoms with Crippen LogP contribution in [0.3, 0.4) is 0 Å². The molecule has 3 nitrogen and oxygen atoms in total. The van der Waals surface area contributed by atoms with Gasteiger partial charge in [0.2, 0.25) is 0 Å². The molecule has 0 bridgehead atoms. The molecule has 0 saturated heterocycles. The molecule has 0 saturated carbocycles. The highest BCUT2D eigenvalue weighted by atomic mass is 35.5. The summed E-state index contributed by atoms with van der Waals surface area (Å²) in [5, 5.41) is 4.37. The van der Waals surface area contributed by atoms with E-state index in [1.54, 1.807) is 24.3 Å². The van der Waals surface area contributed by atoms with Crippen LogP contribution in [-0.4, -0.2) is 5.16 Å². The Hall–Kier alpha value is -2.33. The fraction of sp³-hybridized carbons (Fsp3) is 0. The minimum absolute atomic E-state index is 0.256. The van der Waals surface area contributed by atoms with Crippen LogP contribution in [0.4, 0.5) is 10.2 Å². The van der Waals surface area contributed by atoms with E-state index in [1.807, 2.05) is 12.1 Å². The summed E-state index contributed by atoms with van der Waals surface area (Å²) in [6, 6.07) is 13.2. The monoisotopic (exact) mass is 288 g/mol. The third kappa shape index (κ3) is 2.26. The van der Waals surface area contributed by atoms with Crippen LogP contribution >= 0.6 is 11.6 Å². The number of benzene rings is 2. The molecule has 1 aromatic heterocycles. The van der Waals surface area contributed by atoms with Crippen molar-refractivity contribution in [1.82, 2.24) is 5.16 Å². The van der Waals surface area contributed by atoms with Crippen LogP contribution in [0, 0.1) is 5.82 Å². The Morgan fingerprint density at radius 2 is 1.80 bits per heavy atom. The van der Waals surface area contributed by atoms with Crippen molar-refractivity contribution in [3.63, 3.8) is 0 Å². The summed E-state index contributed by atoms with van der Waals surface area (Å²) >= 11 is 5.98. The van der Waals surface area contributed by atoms with Crippen LogP contribution in [0.2, 0.25) is 5.02 Å². The second kappa shape index (κ2) is 4.98. The number of aromatic nitrogens is 1. The lowest BCUT2D eigenvalue weighted by Gasteiger charge is -2.03. The highest BCUT2D eigenvalue weighted by Gasteiger charge is 2.17. The summed E-state index contributed by atoms with van der Waals surface area (Å²) in [6.07, 6.45) is 0. The maximum atomic E-state index is 13.0. The number of hydrogen-bond acceptors (Lipinski definition) is 3. The molecule has 0 aliphatic rings.